The summed E-state index contributed by atoms with van der Waals surface area (Å²) in [5.41, 5.74) is 3.04. The Balaban J connectivity index is 2.00. The highest BCUT2D eigenvalue weighted by atomic mass is 31.1. The standard InChI is InChI=1S/C18H29P/c1-6-15-16(7-2)17(15)11-10-14-9-8-13(3)12-18(14)19(4)5/h8-9,12,15-17H,6-7,10-11H2,1-5H3. The molecule has 0 amide bonds. The molecule has 0 aliphatic heterocycles. The van der Waals surface area contributed by atoms with E-state index in [4.69, 9.17) is 0 Å². The Bertz CT molecular complexity index is 412. The van der Waals surface area contributed by atoms with Crippen molar-refractivity contribution in [2.45, 2.75) is 46.5 Å². The van der Waals surface area contributed by atoms with Crippen molar-refractivity contribution >= 4 is 13.2 Å². The van der Waals surface area contributed by atoms with Gasteiger partial charge in [0.25, 0.3) is 0 Å². The van der Waals surface area contributed by atoms with Crippen molar-refractivity contribution in [1.29, 1.82) is 0 Å². The molecule has 0 spiro atoms. The summed E-state index contributed by atoms with van der Waals surface area (Å²) in [5.74, 6) is 3.08. The van der Waals surface area contributed by atoms with Crippen LogP contribution in [0.2, 0.25) is 0 Å². The fourth-order valence-corrected chi connectivity index (χ4v) is 5.01. The summed E-state index contributed by atoms with van der Waals surface area (Å²) in [6.45, 7) is 11.7. The van der Waals surface area contributed by atoms with Gasteiger partial charge in [0.2, 0.25) is 0 Å². The second-order valence-corrected chi connectivity index (χ2v) is 8.64. The summed E-state index contributed by atoms with van der Waals surface area (Å²) in [6.07, 6.45) is 5.49. The molecule has 1 aliphatic rings. The second kappa shape index (κ2) is 6.40. The first kappa shape index (κ1) is 15.0. The van der Waals surface area contributed by atoms with Crippen LogP contribution in [0.25, 0.3) is 0 Å². The molecule has 1 heteroatoms. The molecule has 0 radical (unpaired) electrons. The lowest BCUT2D eigenvalue weighted by atomic mass is 10.0. The van der Waals surface area contributed by atoms with Crippen LogP contribution in [0, 0.1) is 24.7 Å². The Kier molecular flexibility index (Phi) is 5.07. The number of aryl methyl sites for hydroxylation is 2. The van der Waals surface area contributed by atoms with Crippen molar-refractivity contribution < 1.29 is 0 Å². The van der Waals surface area contributed by atoms with Crippen LogP contribution in [0.15, 0.2) is 18.2 Å². The first-order valence-corrected chi connectivity index (χ1v) is 10.1. The van der Waals surface area contributed by atoms with Gasteiger partial charge in [0.15, 0.2) is 0 Å². The van der Waals surface area contributed by atoms with Crippen molar-refractivity contribution in [3.05, 3.63) is 29.3 Å². The maximum Gasteiger partial charge on any atom is -0.0211 e. The summed E-state index contributed by atoms with van der Waals surface area (Å²) < 4.78 is 0. The maximum atomic E-state index is 2.42. The van der Waals surface area contributed by atoms with Crippen LogP contribution in [0.3, 0.4) is 0 Å². The van der Waals surface area contributed by atoms with Gasteiger partial charge in [-0.1, -0.05) is 58.4 Å². The van der Waals surface area contributed by atoms with Gasteiger partial charge in [-0.3, -0.25) is 0 Å². The topological polar surface area (TPSA) is 0 Å². The number of benzene rings is 1. The molecule has 1 fully saturated rings. The van der Waals surface area contributed by atoms with E-state index in [1.54, 1.807) is 10.9 Å². The van der Waals surface area contributed by atoms with Gasteiger partial charge in [0, 0.05) is 0 Å². The van der Waals surface area contributed by atoms with Crippen molar-refractivity contribution in [3.8, 4) is 0 Å². The zero-order valence-electron chi connectivity index (χ0n) is 13.2. The SMILES string of the molecule is CCC1C(CC)C1CCc1ccc(C)cc1P(C)C. The van der Waals surface area contributed by atoms with Gasteiger partial charge in [-0.25, -0.2) is 0 Å². The second-order valence-electron chi connectivity index (χ2n) is 6.37. The zero-order chi connectivity index (χ0) is 14.0. The molecular formula is C18H29P. The third-order valence-electron chi connectivity index (χ3n) is 4.92. The molecule has 2 unspecified atom stereocenters. The van der Waals surface area contributed by atoms with Gasteiger partial charge >= 0.3 is 0 Å². The molecule has 2 atom stereocenters. The third-order valence-corrected chi connectivity index (χ3v) is 6.30. The van der Waals surface area contributed by atoms with Crippen molar-refractivity contribution in [2.24, 2.45) is 17.8 Å². The van der Waals surface area contributed by atoms with Crippen molar-refractivity contribution in [1.82, 2.24) is 0 Å². The molecule has 0 nitrogen and oxygen atoms in total. The number of hydrogen-bond donors (Lipinski definition) is 0. The minimum absolute atomic E-state index is 0.0276. The molecule has 0 saturated heterocycles. The van der Waals surface area contributed by atoms with Gasteiger partial charge < -0.3 is 0 Å². The average Bonchev–Trinajstić information content (AvgIpc) is 3.09. The minimum Gasteiger partial charge on any atom is -0.0814 e. The van der Waals surface area contributed by atoms with E-state index in [2.05, 4.69) is 52.3 Å². The van der Waals surface area contributed by atoms with Crippen molar-refractivity contribution in [3.63, 3.8) is 0 Å². The van der Waals surface area contributed by atoms with Crippen LogP contribution in [0.1, 0.15) is 44.2 Å². The van der Waals surface area contributed by atoms with Gasteiger partial charge in [0.1, 0.15) is 0 Å². The number of rotatable bonds is 6. The van der Waals surface area contributed by atoms with Gasteiger partial charge in [-0.2, -0.15) is 0 Å². The fraction of sp³-hybridized carbons (Fsp3) is 0.667. The molecule has 0 aromatic heterocycles. The van der Waals surface area contributed by atoms with Crippen LogP contribution in [-0.4, -0.2) is 13.3 Å². The van der Waals surface area contributed by atoms with Crippen LogP contribution in [0.5, 0.6) is 0 Å². The van der Waals surface area contributed by atoms with Gasteiger partial charge in [0.05, 0.1) is 0 Å². The summed E-state index contributed by atoms with van der Waals surface area (Å²) in [6, 6.07) is 7.10. The predicted octanol–water partition coefficient (Wildman–Crippen LogP) is 4.98. The molecule has 19 heavy (non-hydrogen) atoms. The Labute approximate surface area is 120 Å². The van der Waals surface area contributed by atoms with Gasteiger partial charge in [-0.15, -0.1) is 0 Å². The highest BCUT2D eigenvalue weighted by Gasteiger charge is 2.46. The van der Waals surface area contributed by atoms with Crippen LogP contribution < -0.4 is 5.30 Å². The predicted molar refractivity (Wildman–Crippen MR) is 89.0 cm³/mol. The summed E-state index contributed by atoms with van der Waals surface area (Å²) in [5, 5.41) is 1.64. The lowest BCUT2D eigenvalue weighted by Gasteiger charge is -2.14. The largest absolute Gasteiger partial charge is 0.0814 e. The highest BCUT2D eigenvalue weighted by Crippen LogP contribution is 2.53. The van der Waals surface area contributed by atoms with E-state index in [0.29, 0.717) is 0 Å². The fourth-order valence-electron chi connectivity index (χ4n) is 3.79. The highest BCUT2D eigenvalue weighted by molar-refractivity contribution is 7.64. The molecule has 1 aromatic carbocycles. The smallest absolute Gasteiger partial charge is 0.0211 e. The Morgan fingerprint density at radius 2 is 1.63 bits per heavy atom. The summed E-state index contributed by atoms with van der Waals surface area (Å²) in [7, 11) is 0.0276. The van der Waals surface area contributed by atoms with E-state index in [1.807, 2.05) is 0 Å². The Hall–Kier alpha value is -0.350. The number of hydrogen-bond acceptors (Lipinski definition) is 0. The maximum absolute atomic E-state index is 2.42. The molecule has 0 bridgehead atoms. The monoisotopic (exact) mass is 276 g/mol. The van der Waals surface area contributed by atoms with Crippen LogP contribution in [-0.2, 0) is 6.42 Å². The van der Waals surface area contributed by atoms with Crippen LogP contribution >= 0.6 is 7.92 Å². The summed E-state index contributed by atoms with van der Waals surface area (Å²) in [4.78, 5) is 0. The quantitative estimate of drug-likeness (QED) is 0.643. The molecule has 2 rings (SSSR count). The molecule has 0 heterocycles. The lowest BCUT2D eigenvalue weighted by molar-refractivity contribution is 0.624. The van der Waals surface area contributed by atoms with E-state index in [1.165, 1.54) is 31.2 Å². The molecule has 106 valence electrons. The molecule has 1 aliphatic carbocycles. The molecule has 1 aromatic rings. The van der Waals surface area contributed by atoms with E-state index >= 15 is 0 Å². The summed E-state index contributed by atoms with van der Waals surface area (Å²) >= 11 is 0. The van der Waals surface area contributed by atoms with Crippen molar-refractivity contribution in [2.75, 3.05) is 13.3 Å². The van der Waals surface area contributed by atoms with E-state index in [0.717, 1.165) is 17.8 Å². The average molecular weight is 276 g/mol. The molecule has 0 N–H and O–H groups in total. The zero-order valence-corrected chi connectivity index (χ0v) is 14.1. The third kappa shape index (κ3) is 3.40. The lowest BCUT2D eigenvalue weighted by Crippen LogP contribution is -2.09. The normalized spacial score (nSPS) is 25.9. The Morgan fingerprint density at radius 1 is 1.00 bits per heavy atom. The molecule has 1 saturated carbocycles. The first-order chi connectivity index (χ1) is 9.08. The van der Waals surface area contributed by atoms with Crippen LogP contribution in [0.4, 0.5) is 0 Å². The van der Waals surface area contributed by atoms with Gasteiger partial charge in [-0.05, 0) is 61.7 Å². The van der Waals surface area contributed by atoms with E-state index in [-0.39, 0.29) is 7.92 Å². The van der Waals surface area contributed by atoms with E-state index in [9.17, 15) is 0 Å². The molecular weight excluding hydrogens is 247 g/mol. The van der Waals surface area contributed by atoms with E-state index < -0.39 is 0 Å². The Morgan fingerprint density at radius 3 is 2.16 bits per heavy atom. The first-order valence-electron chi connectivity index (χ1n) is 7.85. The minimum atomic E-state index is 0.0276.